The summed E-state index contributed by atoms with van der Waals surface area (Å²) in [5, 5.41) is 0. The number of hydrogen-bond donors (Lipinski definition) is 0. The Kier molecular flexibility index (Phi) is 5.39. The molecule has 0 N–H and O–H groups in total. The van der Waals surface area contributed by atoms with E-state index in [0.29, 0.717) is 0 Å². The maximum Gasteiger partial charge on any atom is 0.267 e. The zero-order chi connectivity index (χ0) is 12.8. The van der Waals surface area contributed by atoms with Crippen molar-refractivity contribution in [3.8, 4) is 0 Å². The summed E-state index contributed by atoms with van der Waals surface area (Å²) in [4.78, 5) is 4.82. The molecule has 0 amide bonds. The minimum atomic E-state index is -1.56. The van der Waals surface area contributed by atoms with Crippen LogP contribution in [0.2, 0.25) is 12.6 Å². The van der Waals surface area contributed by atoms with E-state index in [2.05, 4.69) is 11.1 Å². The van der Waals surface area contributed by atoms with Crippen LogP contribution in [0.15, 0.2) is 4.99 Å². The molecule has 2 rings (SSSR count). The van der Waals surface area contributed by atoms with Gasteiger partial charge in [0.05, 0.1) is 6.54 Å². The van der Waals surface area contributed by atoms with E-state index in [0.717, 1.165) is 13.1 Å². The van der Waals surface area contributed by atoms with E-state index in [1.807, 2.05) is 7.11 Å². The second-order valence-electron chi connectivity index (χ2n) is 5.83. The fourth-order valence-electron chi connectivity index (χ4n) is 3.18. The molecule has 1 heterocycles. The van der Waals surface area contributed by atoms with Crippen LogP contribution in [0, 0.1) is 0 Å². The van der Waals surface area contributed by atoms with Crippen LogP contribution in [-0.2, 0) is 4.43 Å². The van der Waals surface area contributed by atoms with Gasteiger partial charge in [-0.3, -0.25) is 4.99 Å². The number of aliphatic imine (C=N–C) groups is 1. The topological polar surface area (TPSA) is 24.8 Å². The summed E-state index contributed by atoms with van der Waals surface area (Å²) in [6, 6.07) is 1.29. The molecule has 0 aromatic carbocycles. The van der Waals surface area contributed by atoms with Gasteiger partial charge in [-0.05, 0) is 51.2 Å². The van der Waals surface area contributed by atoms with Gasteiger partial charge in [0, 0.05) is 19.4 Å². The predicted octanol–water partition coefficient (Wildman–Crippen LogP) is 3.21. The second kappa shape index (κ2) is 6.82. The predicted molar refractivity (Wildman–Crippen MR) is 79.6 cm³/mol. The molecule has 1 unspecified atom stereocenters. The maximum atomic E-state index is 5.85. The Balaban J connectivity index is 1.80. The van der Waals surface area contributed by atoms with Gasteiger partial charge in [0.1, 0.15) is 0 Å². The van der Waals surface area contributed by atoms with Gasteiger partial charge in [0.2, 0.25) is 0 Å². The smallest absolute Gasteiger partial charge is 0.267 e. The molecule has 0 spiro atoms. The van der Waals surface area contributed by atoms with Crippen LogP contribution in [0.25, 0.3) is 0 Å². The van der Waals surface area contributed by atoms with E-state index < -0.39 is 8.48 Å². The summed E-state index contributed by atoms with van der Waals surface area (Å²) in [6.07, 6.45) is 9.29. The molecule has 1 aliphatic carbocycles. The van der Waals surface area contributed by atoms with Crippen molar-refractivity contribution in [1.82, 2.24) is 4.57 Å². The van der Waals surface area contributed by atoms with Crippen molar-refractivity contribution < 1.29 is 4.43 Å². The zero-order valence-corrected chi connectivity index (χ0v) is 13.1. The average Bonchev–Trinajstić information content (AvgIpc) is 2.42. The lowest BCUT2D eigenvalue weighted by Crippen LogP contribution is -2.56. The zero-order valence-electron chi connectivity index (χ0n) is 12.1. The Morgan fingerprint density at radius 1 is 1.17 bits per heavy atom. The van der Waals surface area contributed by atoms with Gasteiger partial charge < -0.3 is 8.99 Å². The van der Waals surface area contributed by atoms with E-state index >= 15 is 0 Å². The molecule has 1 aliphatic heterocycles. The van der Waals surface area contributed by atoms with Crippen LogP contribution in [0.1, 0.15) is 44.9 Å². The van der Waals surface area contributed by atoms with Gasteiger partial charge in [-0.25, -0.2) is 0 Å². The molecule has 0 radical (unpaired) electrons. The lowest BCUT2D eigenvalue weighted by molar-refractivity contribution is 0.268. The Morgan fingerprint density at radius 3 is 2.67 bits per heavy atom. The minimum Gasteiger partial charge on any atom is -0.406 e. The molecular formula is C14H28N2OSi. The summed E-state index contributed by atoms with van der Waals surface area (Å²) >= 11 is 0. The van der Waals surface area contributed by atoms with E-state index in [-0.39, 0.29) is 0 Å². The molecule has 4 heteroatoms. The van der Waals surface area contributed by atoms with Crippen molar-refractivity contribution in [1.29, 1.82) is 0 Å². The van der Waals surface area contributed by atoms with Gasteiger partial charge >= 0.3 is 0 Å². The molecule has 104 valence electrons. The summed E-state index contributed by atoms with van der Waals surface area (Å²) in [5.74, 6) is 0. The molecular weight excluding hydrogens is 240 g/mol. The summed E-state index contributed by atoms with van der Waals surface area (Å²) in [5.41, 5.74) is 1.47. The summed E-state index contributed by atoms with van der Waals surface area (Å²) in [6.45, 7) is 5.68. The number of nitrogens with zero attached hydrogens (tertiary/aromatic N) is 2. The summed E-state index contributed by atoms with van der Waals surface area (Å²) < 4.78 is 8.46. The molecule has 0 aromatic rings. The lowest BCUT2D eigenvalue weighted by atomic mass is 9.99. The van der Waals surface area contributed by atoms with Crippen molar-refractivity contribution >= 4 is 14.2 Å². The average molecular weight is 268 g/mol. The van der Waals surface area contributed by atoms with Crippen molar-refractivity contribution in [2.45, 2.75) is 57.5 Å². The van der Waals surface area contributed by atoms with E-state index in [1.54, 1.807) is 0 Å². The highest BCUT2D eigenvalue weighted by molar-refractivity contribution is 6.69. The highest BCUT2D eigenvalue weighted by Crippen LogP contribution is 2.25. The number of rotatable bonds is 4. The largest absolute Gasteiger partial charge is 0.406 e. The minimum absolute atomic E-state index is 0.987. The van der Waals surface area contributed by atoms with Crippen molar-refractivity contribution in [3.05, 3.63) is 0 Å². The Labute approximate surface area is 113 Å². The van der Waals surface area contributed by atoms with Crippen LogP contribution in [0.4, 0.5) is 0 Å². The maximum absolute atomic E-state index is 5.85. The first-order chi connectivity index (χ1) is 8.74. The fraction of sp³-hybridized carbons (Fsp3) is 0.929. The van der Waals surface area contributed by atoms with Crippen LogP contribution in [0.5, 0.6) is 0 Å². The quantitative estimate of drug-likeness (QED) is 0.731. The first-order valence-corrected chi connectivity index (χ1v) is 10.1. The van der Waals surface area contributed by atoms with Crippen molar-refractivity contribution in [3.63, 3.8) is 0 Å². The van der Waals surface area contributed by atoms with Crippen molar-refractivity contribution in [2.75, 3.05) is 26.7 Å². The molecule has 0 aromatic heterocycles. The molecule has 0 bridgehead atoms. The normalized spacial score (nSPS) is 30.4. The standard InChI is InChI=1S/C14H28N2OSi/c1-17-18(2)13-7-6-11-16(18)12-10-15-14-8-4-3-5-9-14/h3-13H2,1-2H3. The van der Waals surface area contributed by atoms with Gasteiger partial charge in [-0.15, -0.1) is 0 Å². The van der Waals surface area contributed by atoms with Crippen LogP contribution in [0.3, 0.4) is 0 Å². The summed E-state index contributed by atoms with van der Waals surface area (Å²) in [7, 11) is 0.338. The van der Waals surface area contributed by atoms with Crippen LogP contribution < -0.4 is 0 Å². The van der Waals surface area contributed by atoms with E-state index in [9.17, 15) is 0 Å². The second-order valence-corrected chi connectivity index (χ2v) is 9.72. The van der Waals surface area contributed by atoms with E-state index in [4.69, 9.17) is 9.42 Å². The molecule has 1 saturated heterocycles. The highest BCUT2D eigenvalue weighted by Gasteiger charge is 2.37. The van der Waals surface area contributed by atoms with Gasteiger partial charge in [0.25, 0.3) is 8.48 Å². The van der Waals surface area contributed by atoms with Gasteiger partial charge in [0.15, 0.2) is 0 Å². The van der Waals surface area contributed by atoms with E-state index in [1.165, 1.54) is 63.2 Å². The molecule has 2 fully saturated rings. The van der Waals surface area contributed by atoms with Crippen molar-refractivity contribution in [2.24, 2.45) is 4.99 Å². The number of hydrogen-bond acceptors (Lipinski definition) is 3. The third-order valence-corrected chi connectivity index (χ3v) is 8.51. The SMILES string of the molecule is CO[Si]1(C)CCCCN1CCN=C1CCCCC1. The Hall–Kier alpha value is -0.193. The Bertz CT molecular complexity index is 288. The lowest BCUT2D eigenvalue weighted by Gasteiger charge is -2.41. The molecule has 1 atom stereocenters. The third-order valence-electron chi connectivity index (χ3n) is 4.56. The highest BCUT2D eigenvalue weighted by atomic mass is 28.4. The molecule has 18 heavy (non-hydrogen) atoms. The first-order valence-electron chi connectivity index (χ1n) is 7.57. The fourth-order valence-corrected chi connectivity index (χ4v) is 6.07. The van der Waals surface area contributed by atoms with Crippen LogP contribution in [-0.4, -0.2) is 45.5 Å². The van der Waals surface area contributed by atoms with Crippen LogP contribution >= 0.6 is 0 Å². The molecule has 2 aliphatic rings. The molecule has 3 nitrogen and oxygen atoms in total. The first kappa shape index (κ1) is 14.2. The molecule has 1 saturated carbocycles. The van der Waals surface area contributed by atoms with Gasteiger partial charge in [-0.1, -0.05) is 12.8 Å². The Morgan fingerprint density at radius 2 is 1.94 bits per heavy atom. The monoisotopic (exact) mass is 268 g/mol. The van der Waals surface area contributed by atoms with Gasteiger partial charge in [-0.2, -0.15) is 0 Å². The third kappa shape index (κ3) is 3.65.